The van der Waals surface area contributed by atoms with E-state index in [9.17, 15) is 4.79 Å². The molecule has 1 atom stereocenters. The highest BCUT2D eigenvalue weighted by atomic mass is 32.2. The first-order chi connectivity index (χ1) is 12.3. The minimum absolute atomic E-state index is 0.0602. The van der Waals surface area contributed by atoms with E-state index in [1.165, 1.54) is 18.4 Å². The Morgan fingerprint density at radius 2 is 1.76 bits per heavy atom. The lowest BCUT2D eigenvalue weighted by atomic mass is 10.0. The van der Waals surface area contributed by atoms with E-state index in [2.05, 4.69) is 28.6 Å². The quantitative estimate of drug-likeness (QED) is 0.801. The molecular formula is C21H26N2OS. The minimum atomic E-state index is -0.208. The highest BCUT2D eigenvalue weighted by Gasteiger charge is 2.29. The molecule has 132 valence electrons. The second kappa shape index (κ2) is 9.07. The molecule has 1 unspecified atom stereocenters. The summed E-state index contributed by atoms with van der Waals surface area (Å²) >= 11 is 1.85. The summed E-state index contributed by atoms with van der Waals surface area (Å²) in [4.78, 5) is 15.3. The Bertz CT molecular complexity index is 666. The zero-order chi connectivity index (χ0) is 17.5. The molecule has 1 heterocycles. The second-order valence-corrected chi connectivity index (χ2v) is 7.47. The number of anilines is 1. The van der Waals surface area contributed by atoms with E-state index < -0.39 is 0 Å². The van der Waals surface area contributed by atoms with Crippen LogP contribution in [0.3, 0.4) is 0 Å². The lowest BCUT2D eigenvalue weighted by Gasteiger charge is -2.27. The molecule has 1 N–H and O–H groups in total. The maximum Gasteiger partial charge on any atom is 0.246 e. The molecule has 25 heavy (non-hydrogen) atoms. The standard InChI is InChI=1S/C21H26N2OS/c1-25-16-13-17-9-11-19(12-10-17)22-21(24)20(23-14-5-6-15-23)18-7-3-2-4-8-18/h2-4,7-12,20H,5-6,13-16H2,1H3,(H,22,24). The summed E-state index contributed by atoms with van der Waals surface area (Å²) in [5.74, 6) is 1.18. The van der Waals surface area contributed by atoms with E-state index in [1.807, 2.05) is 54.2 Å². The van der Waals surface area contributed by atoms with Crippen molar-refractivity contribution in [3.63, 3.8) is 0 Å². The summed E-state index contributed by atoms with van der Waals surface area (Å²) < 4.78 is 0. The average molecular weight is 355 g/mol. The highest BCUT2D eigenvalue weighted by molar-refractivity contribution is 7.98. The van der Waals surface area contributed by atoms with Crippen molar-refractivity contribution in [3.05, 3.63) is 65.7 Å². The maximum atomic E-state index is 13.0. The largest absolute Gasteiger partial charge is 0.324 e. The molecule has 1 aliphatic rings. The van der Waals surface area contributed by atoms with Gasteiger partial charge in [-0.1, -0.05) is 42.5 Å². The van der Waals surface area contributed by atoms with E-state index in [0.717, 1.165) is 36.5 Å². The van der Waals surface area contributed by atoms with E-state index in [-0.39, 0.29) is 11.9 Å². The zero-order valence-electron chi connectivity index (χ0n) is 14.8. The van der Waals surface area contributed by atoms with Crippen LogP contribution in [0.2, 0.25) is 0 Å². The first-order valence-corrected chi connectivity index (χ1v) is 10.3. The Hall–Kier alpha value is -1.78. The van der Waals surface area contributed by atoms with Gasteiger partial charge in [0.15, 0.2) is 0 Å². The van der Waals surface area contributed by atoms with E-state index >= 15 is 0 Å². The van der Waals surface area contributed by atoms with Crippen LogP contribution in [-0.2, 0) is 11.2 Å². The van der Waals surface area contributed by atoms with Gasteiger partial charge in [0, 0.05) is 5.69 Å². The lowest BCUT2D eigenvalue weighted by molar-refractivity contribution is -0.121. The fraction of sp³-hybridized carbons (Fsp3) is 0.381. The Kier molecular flexibility index (Phi) is 6.54. The number of aryl methyl sites for hydroxylation is 1. The molecule has 1 fully saturated rings. The molecule has 0 aromatic heterocycles. The molecule has 0 radical (unpaired) electrons. The van der Waals surface area contributed by atoms with Gasteiger partial charge in [0.25, 0.3) is 0 Å². The van der Waals surface area contributed by atoms with Crippen LogP contribution in [0.4, 0.5) is 5.69 Å². The monoisotopic (exact) mass is 354 g/mol. The predicted octanol–water partition coefficient (Wildman–Crippen LogP) is 4.37. The number of benzene rings is 2. The van der Waals surface area contributed by atoms with Crippen molar-refractivity contribution in [2.45, 2.75) is 25.3 Å². The first kappa shape index (κ1) is 18.0. The van der Waals surface area contributed by atoms with Gasteiger partial charge in [-0.05, 0) is 67.6 Å². The summed E-state index contributed by atoms with van der Waals surface area (Å²) in [6.07, 6.45) is 5.52. The number of nitrogens with one attached hydrogen (secondary N) is 1. The van der Waals surface area contributed by atoms with Crippen molar-refractivity contribution in [1.82, 2.24) is 4.90 Å². The van der Waals surface area contributed by atoms with Crippen LogP contribution in [-0.4, -0.2) is 35.9 Å². The summed E-state index contributed by atoms with van der Waals surface area (Å²) in [6.45, 7) is 1.97. The number of nitrogens with zero attached hydrogens (tertiary/aromatic N) is 1. The number of amides is 1. The van der Waals surface area contributed by atoms with Crippen molar-refractivity contribution >= 4 is 23.4 Å². The van der Waals surface area contributed by atoms with Crippen LogP contribution < -0.4 is 5.32 Å². The van der Waals surface area contributed by atoms with Gasteiger partial charge < -0.3 is 5.32 Å². The van der Waals surface area contributed by atoms with Gasteiger partial charge >= 0.3 is 0 Å². The number of carbonyl (C=O) groups excluding carboxylic acids is 1. The summed E-state index contributed by atoms with van der Waals surface area (Å²) in [7, 11) is 0. The van der Waals surface area contributed by atoms with E-state index in [0.29, 0.717) is 0 Å². The van der Waals surface area contributed by atoms with Crippen molar-refractivity contribution in [3.8, 4) is 0 Å². The molecule has 1 aliphatic heterocycles. The molecule has 0 spiro atoms. The third-order valence-electron chi connectivity index (χ3n) is 4.69. The summed E-state index contributed by atoms with van der Waals surface area (Å²) in [6, 6.07) is 18.1. The third-order valence-corrected chi connectivity index (χ3v) is 5.30. The zero-order valence-corrected chi connectivity index (χ0v) is 15.6. The van der Waals surface area contributed by atoms with Gasteiger partial charge in [-0.3, -0.25) is 9.69 Å². The van der Waals surface area contributed by atoms with Gasteiger partial charge in [-0.2, -0.15) is 11.8 Å². The van der Waals surface area contributed by atoms with Crippen LogP contribution in [0.1, 0.15) is 30.0 Å². The molecule has 1 saturated heterocycles. The molecule has 0 aliphatic carbocycles. The molecule has 4 heteroatoms. The number of likely N-dealkylation sites (tertiary alicyclic amines) is 1. The maximum absolute atomic E-state index is 13.0. The molecule has 3 nitrogen and oxygen atoms in total. The number of carbonyl (C=O) groups is 1. The molecule has 0 bridgehead atoms. The SMILES string of the molecule is CSCCc1ccc(NC(=O)C(c2ccccc2)N2CCCC2)cc1. The lowest BCUT2D eigenvalue weighted by Crippen LogP contribution is -2.35. The minimum Gasteiger partial charge on any atom is -0.324 e. The van der Waals surface area contributed by atoms with Crippen molar-refractivity contribution in [2.75, 3.05) is 30.4 Å². The van der Waals surface area contributed by atoms with Crippen molar-refractivity contribution in [2.24, 2.45) is 0 Å². The van der Waals surface area contributed by atoms with Crippen molar-refractivity contribution in [1.29, 1.82) is 0 Å². The van der Waals surface area contributed by atoms with E-state index in [1.54, 1.807) is 0 Å². The third kappa shape index (κ3) is 4.86. The van der Waals surface area contributed by atoms with Crippen LogP contribution >= 0.6 is 11.8 Å². The Morgan fingerprint density at radius 3 is 2.40 bits per heavy atom. The Balaban J connectivity index is 1.72. The first-order valence-electron chi connectivity index (χ1n) is 8.95. The topological polar surface area (TPSA) is 32.3 Å². The number of hydrogen-bond acceptors (Lipinski definition) is 3. The Labute approximate surface area is 154 Å². The second-order valence-electron chi connectivity index (χ2n) is 6.49. The Morgan fingerprint density at radius 1 is 1.08 bits per heavy atom. The van der Waals surface area contributed by atoms with Gasteiger partial charge in [-0.25, -0.2) is 0 Å². The smallest absolute Gasteiger partial charge is 0.246 e. The highest BCUT2D eigenvalue weighted by Crippen LogP contribution is 2.26. The molecule has 2 aromatic carbocycles. The number of thioether (sulfide) groups is 1. The van der Waals surface area contributed by atoms with Crippen LogP contribution in [0.25, 0.3) is 0 Å². The fourth-order valence-corrected chi connectivity index (χ4v) is 3.79. The summed E-state index contributed by atoms with van der Waals surface area (Å²) in [5, 5.41) is 3.11. The van der Waals surface area contributed by atoms with Gasteiger partial charge in [-0.15, -0.1) is 0 Å². The van der Waals surface area contributed by atoms with E-state index in [4.69, 9.17) is 0 Å². The average Bonchev–Trinajstić information content (AvgIpc) is 3.16. The van der Waals surface area contributed by atoms with Crippen LogP contribution in [0.15, 0.2) is 54.6 Å². The molecule has 3 rings (SSSR count). The molecule has 1 amide bonds. The normalized spacial score (nSPS) is 15.9. The van der Waals surface area contributed by atoms with Crippen LogP contribution in [0, 0.1) is 0 Å². The molecule has 0 saturated carbocycles. The summed E-state index contributed by atoms with van der Waals surface area (Å²) in [5.41, 5.74) is 3.25. The van der Waals surface area contributed by atoms with Crippen LogP contribution in [0.5, 0.6) is 0 Å². The molecular weight excluding hydrogens is 328 g/mol. The number of hydrogen-bond donors (Lipinski definition) is 1. The predicted molar refractivity (Wildman–Crippen MR) is 107 cm³/mol. The fourth-order valence-electron chi connectivity index (χ4n) is 3.35. The van der Waals surface area contributed by atoms with Crippen molar-refractivity contribution < 1.29 is 4.79 Å². The van der Waals surface area contributed by atoms with Gasteiger partial charge in [0.1, 0.15) is 6.04 Å². The molecule has 2 aromatic rings. The number of rotatable bonds is 7. The van der Waals surface area contributed by atoms with Gasteiger partial charge in [0.05, 0.1) is 0 Å². The van der Waals surface area contributed by atoms with Gasteiger partial charge in [0.2, 0.25) is 5.91 Å².